The number of Topliss-reactive ketones (excluding diaryl/α,β-unsaturated/α-hetero) is 1. The lowest BCUT2D eigenvalue weighted by Crippen LogP contribution is -2.22. The highest BCUT2D eigenvalue weighted by atomic mass is 32.2. The number of carbonyl (C=O) groups excluding carboxylic acids is 1. The first-order chi connectivity index (χ1) is 12.5. The van der Waals surface area contributed by atoms with Crippen LogP contribution in [-0.4, -0.2) is 26.8 Å². The van der Waals surface area contributed by atoms with E-state index in [9.17, 15) is 9.59 Å². The van der Waals surface area contributed by atoms with Crippen LogP contribution >= 0.6 is 34.9 Å². The van der Waals surface area contributed by atoms with Gasteiger partial charge in [0.1, 0.15) is 10.6 Å². The average molecular weight is 403 g/mol. The number of aryl methyl sites for hydroxylation is 2. The van der Waals surface area contributed by atoms with Gasteiger partial charge < -0.3 is 0 Å². The molecule has 0 fully saturated rings. The van der Waals surface area contributed by atoms with E-state index in [2.05, 4.69) is 0 Å². The Morgan fingerprint density at radius 2 is 2.23 bits per heavy atom. The Labute approximate surface area is 164 Å². The third-order valence-electron chi connectivity index (χ3n) is 4.23. The van der Waals surface area contributed by atoms with Gasteiger partial charge in [0.2, 0.25) is 0 Å². The van der Waals surface area contributed by atoms with Crippen molar-refractivity contribution in [3.63, 3.8) is 0 Å². The molecule has 3 heterocycles. The van der Waals surface area contributed by atoms with Crippen LogP contribution in [0.2, 0.25) is 0 Å². The molecule has 0 amide bonds. The van der Waals surface area contributed by atoms with E-state index in [0.29, 0.717) is 10.9 Å². The molecule has 7 heteroatoms. The molecule has 0 N–H and O–H groups in total. The van der Waals surface area contributed by atoms with Crippen molar-refractivity contribution < 1.29 is 4.79 Å². The number of rotatable bonds is 4. The van der Waals surface area contributed by atoms with E-state index in [-0.39, 0.29) is 11.3 Å². The fourth-order valence-corrected chi connectivity index (χ4v) is 6.47. The predicted molar refractivity (Wildman–Crippen MR) is 110 cm³/mol. The largest absolute Gasteiger partial charge is 0.299 e. The summed E-state index contributed by atoms with van der Waals surface area (Å²) in [5, 5.41) is 1.35. The Morgan fingerprint density at radius 3 is 3.00 bits per heavy atom. The number of thiophene rings is 1. The molecular weight excluding hydrogens is 384 g/mol. The molecule has 4 rings (SSSR count). The fraction of sp³-hybridized carbons (Fsp3) is 0.316. The molecule has 0 saturated carbocycles. The van der Waals surface area contributed by atoms with Crippen LogP contribution in [0.4, 0.5) is 0 Å². The third kappa shape index (κ3) is 3.23. The van der Waals surface area contributed by atoms with Gasteiger partial charge in [-0.05, 0) is 55.7 Å². The van der Waals surface area contributed by atoms with Crippen molar-refractivity contribution in [3.05, 3.63) is 45.7 Å². The SMILES string of the molecule is CC(=O)CSc1nc2sc3c(c2c(=O)n1-c1cccc(C)c1)CCCS3. The third-order valence-corrected chi connectivity index (χ3v) is 7.83. The van der Waals surface area contributed by atoms with Gasteiger partial charge in [-0.2, -0.15) is 0 Å². The molecule has 3 aromatic rings. The molecule has 0 saturated heterocycles. The van der Waals surface area contributed by atoms with Crippen molar-refractivity contribution >= 4 is 50.9 Å². The summed E-state index contributed by atoms with van der Waals surface area (Å²) >= 11 is 4.76. The highest BCUT2D eigenvalue weighted by molar-refractivity contribution is 8.01. The van der Waals surface area contributed by atoms with Gasteiger partial charge in [0.05, 0.1) is 21.0 Å². The van der Waals surface area contributed by atoms with E-state index in [1.807, 2.05) is 43.0 Å². The highest BCUT2D eigenvalue weighted by Crippen LogP contribution is 2.40. The number of aromatic nitrogens is 2. The van der Waals surface area contributed by atoms with Crippen molar-refractivity contribution in [1.82, 2.24) is 9.55 Å². The number of ketones is 1. The molecule has 0 atom stereocenters. The molecule has 0 radical (unpaired) electrons. The summed E-state index contributed by atoms with van der Waals surface area (Å²) in [5.41, 5.74) is 3.02. The molecule has 0 unspecified atom stereocenters. The van der Waals surface area contributed by atoms with Crippen molar-refractivity contribution in [2.45, 2.75) is 36.1 Å². The summed E-state index contributed by atoms with van der Waals surface area (Å²) in [6, 6.07) is 7.86. The second-order valence-corrected chi connectivity index (χ2v) is 9.67. The van der Waals surface area contributed by atoms with Crippen LogP contribution in [0, 0.1) is 6.92 Å². The van der Waals surface area contributed by atoms with Gasteiger partial charge in [0.25, 0.3) is 5.56 Å². The topological polar surface area (TPSA) is 52.0 Å². The van der Waals surface area contributed by atoms with Gasteiger partial charge in [0, 0.05) is 0 Å². The molecular formula is C19H18N2O2S3. The van der Waals surface area contributed by atoms with Crippen LogP contribution in [0.1, 0.15) is 24.5 Å². The van der Waals surface area contributed by atoms with E-state index in [1.54, 1.807) is 22.8 Å². The number of carbonyl (C=O) groups is 1. The Kier molecular flexibility index (Phi) is 4.94. The zero-order valence-corrected chi connectivity index (χ0v) is 17.0. The zero-order chi connectivity index (χ0) is 18.3. The average Bonchev–Trinajstić information content (AvgIpc) is 2.98. The van der Waals surface area contributed by atoms with Crippen molar-refractivity contribution in [2.24, 2.45) is 0 Å². The standard InChI is InChI=1S/C19H18N2O2S3/c1-11-5-3-6-13(9-11)21-17(23)15-14-7-4-8-24-18(14)26-16(15)20-19(21)25-10-12(2)22/h3,5-6,9H,4,7-8,10H2,1-2H3. The highest BCUT2D eigenvalue weighted by Gasteiger charge is 2.23. The smallest absolute Gasteiger partial charge is 0.267 e. The molecule has 0 spiro atoms. The summed E-state index contributed by atoms with van der Waals surface area (Å²) in [5.74, 6) is 1.47. The summed E-state index contributed by atoms with van der Waals surface area (Å²) in [6.45, 7) is 3.56. The van der Waals surface area contributed by atoms with E-state index in [0.717, 1.165) is 45.6 Å². The normalized spacial score (nSPS) is 13.8. The van der Waals surface area contributed by atoms with Gasteiger partial charge >= 0.3 is 0 Å². The minimum atomic E-state index is -0.0216. The lowest BCUT2D eigenvalue weighted by Gasteiger charge is -2.13. The molecule has 1 aliphatic rings. The quantitative estimate of drug-likeness (QED) is 0.476. The van der Waals surface area contributed by atoms with Gasteiger partial charge in [-0.1, -0.05) is 23.9 Å². The van der Waals surface area contributed by atoms with Crippen LogP contribution < -0.4 is 5.56 Å². The summed E-state index contributed by atoms with van der Waals surface area (Å²) in [7, 11) is 0. The number of benzene rings is 1. The van der Waals surface area contributed by atoms with E-state index in [4.69, 9.17) is 4.98 Å². The van der Waals surface area contributed by atoms with Gasteiger partial charge in [-0.15, -0.1) is 23.1 Å². The number of hydrogen-bond acceptors (Lipinski definition) is 6. The van der Waals surface area contributed by atoms with Gasteiger partial charge in [0.15, 0.2) is 5.16 Å². The Morgan fingerprint density at radius 1 is 1.38 bits per heavy atom. The molecule has 1 aliphatic heterocycles. The summed E-state index contributed by atoms with van der Waals surface area (Å²) < 4.78 is 2.90. The lowest BCUT2D eigenvalue weighted by molar-refractivity contribution is -0.114. The molecule has 1 aromatic carbocycles. The van der Waals surface area contributed by atoms with Crippen LogP contribution in [-0.2, 0) is 11.2 Å². The molecule has 0 bridgehead atoms. The van der Waals surface area contributed by atoms with Crippen LogP contribution in [0.3, 0.4) is 0 Å². The van der Waals surface area contributed by atoms with E-state index < -0.39 is 0 Å². The van der Waals surface area contributed by atoms with Crippen LogP contribution in [0.15, 0.2) is 38.4 Å². The minimum absolute atomic E-state index is 0.0216. The van der Waals surface area contributed by atoms with Crippen LogP contribution in [0.25, 0.3) is 15.9 Å². The molecule has 2 aromatic heterocycles. The molecule has 4 nitrogen and oxygen atoms in total. The maximum Gasteiger partial charge on any atom is 0.267 e. The molecule has 134 valence electrons. The number of fused-ring (bicyclic) bond motifs is 3. The summed E-state index contributed by atoms with van der Waals surface area (Å²) in [6.07, 6.45) is 2.03. The van der Waals surface area contributed by atoms with Crippen LogP contribution in [0.5, 0.6) is 0 Å². The molecule has 26 heavy (non-hydrogen) atoms. The van der Waals surface area contributed by atoms with Crippen molar-refractivity contribution in [1.29, 1.82) is 0 Å². The first kappa shape index (κ1) is 17.8. The van der Waals surface area contributed by atoms with Gasteiger partial charge in [-0.25, -0.2) is 4.98 Å². The van der Waals surface area contributed by atoms with Crippen molar-refractivity contribution in [2.75, 3.05) is 11.5 Å². The van der Waals surface area contributed by atoms with Crippen molar-refractivity contribution in [3.8, 4) is 5.69 Å². The Hall–Kier alpha value is -1.57. The maximum absolute atomic E-state index is 13.5. The number of hydrogen-bond donors (Lipinski definition) is 0. The first-order valence-corrected chi connectivity index (χ1v) is 11.2. The maximum atomic E-state index is 13.5. The second kappa shape index (κ2) is 7.21. The first-order valence-electron chi connectivity index (χ1n) is 8.45. The monoisotopic (exact) mass is 402 g/mol. The second-order valence-electron chi connectivity index (χ2n) is 6.36. The summed E-state index contributed by atoms with van der Waals surface area (Å²) in [4.78, 5) is 30.5. The lowest BCUT2D eigenvalue weighted by atomic mass is 10.1. The zero-order valence-electron chi connectivity index (χ0n) is 14.6. The molecule has 0 aliphatic carbocycles. The van der Waals surface area contributed by atoms with E-state index >= 15 is 0 Å². The number of nitrogens with zero attached hydrogens (tertiary/aromatic N) is 2. The number of thioether (sulfide) groups is 2. The van der Waals surface area contributed by atoms with E-state index in [1.165, 1.54) is 16.0 Å². The Bertz CT molecular complexity index is 1070. The Balaban J connectivity index is 1.99. The van der Waals surface area contributed by atoms with Gasteiger partial charge in [-0.3, -0.25) is 14.2 Å². The predicted octanol–water partition coefficient (Wildman–Crippen LogP) is 4.48. The minimum Gasteiger partial charge on any atom is -0.299 e. The fourth-order valence-electron chi connectivity index (χ4n) is 3.08.